The number of fused-ring (bicyclic) bond motifs is 1. The lowest BCUT2D eigenvalue weighted by molar-refractivity contribution is -0.0115. The third-order valence-electron chi connectivity index (χ3n) is 3.28. The summed E-state index contributed by atoms with van der Waals surface area (Å²) in [7, 11) is 1.84. The topological polar surface area (TPSA) is 90.9 Å². The van der Waals surface area contributed by atoms with Crippen molar-refractivity contribution in [2.45, 2.75) is 32.0 Å². The van der Waals surface area contributed by atoms with Gasteiger partial charge in [0.25, 0.3) is 0 Å². The minimum atomic E-state index is 0.366. The van der Waals surface area contributed by atoms with Crippen molar-refractivity contribution >= 4 is 16.9 Å². The minimum absolute atomic E-state index is 0.366. The van der Waals surface area contributed by atoms with Gasteiger partial charge in [0.1, 0.15) is 6.61 Å². The highest BCUT2D eigenvalue weighted by Crippen LogP contribution is 2.24. The summed E-state index contributed by atoms with van der Waals surface area (Å²) < 4.78 is 7.40. The van der Waals surface area contributed by atoms with Gasteiger partial charge in [-0.05, 0) is 19.3 Å². The van der Waals surface area contributed by atoms with Crippen molar-refractivity contribution in [3.05, 3.63) is 12.0 Å². The number of nitrogens with two attached hydrogens (primary N) is 1. The van der Waals surface area contributed by atoms with E-state index in [4.69, 9.17) is 10.6 Å². The van der Waals surface area contributed by atoms with Gasteiger partial charge in [-0.25, -0.2) is 15.8 Å². The van der Waals surface area contributed by atoms with Gasteiger partial charge >= 0.3 is 0 Å². The molecule has 0 atom stereocenters. The first kappa shape index (κ1) is 11.4. The van der Waals surface area contributed by atoms with Crippen LogP contribution in [-0.2, 0) is 18.4 Å². The lowest BCUT2D eigenvalue weighted by Crippen LogP contribution is -2.22. The Morgan fingerprint density at radius 3 is 3.00 bits per heavy atom. The first-order valence-corrected chi connectivity index (χ1v) is 6.05. The highest BCUT2D eigenvalue weighted by Gasteiger charge is 2.19. The predicted molar refractivity (Wildman–Crippen MR) is 66.5 cm³/mol. The van der Waals surface area contributed by atoms with Crippen molar-refractivity contribution in [1.29, 1.82) is 0 Å². The Hall–Kier alpha value is -1.73. The van der Waals surface area contributed by atoms with Gasteiger partial charge in [-0.2, -0.15) is 5.10 Å². The van der Waals surface area contributed by atoms with E-state index in [1.807, 2.05) is 7.05 Å². The second kappa shape index (κ2) is 4.51. The van der Waals surface area contributed by atoms with Gasteiger partial charge in [0.05, 0.1) is 17.7 Å². The van der Waals surface area contributed by atoms with Gasteiger partial charge in [0, 0.05) is 7.05 Å². The third kappa shape index (κ3) is 1.91. The molecule has 2 aromatic heterocycles. The molecule has 3 rings (SSSR count). The minimum Gasteiger partial charge on any atom is -0.370 e. The van der Waals surface area contributed by atoms with Crippen molar-refractivity contribution < 1.29 is 4.74 Å². The lowest BCUT2D eigenvalue weighted by Gasteiger charge is -2.25. The summed E-state index contributed by atoms with van der Waals surface area (Å²) in [6.07, 6.45) is 5.58. The zero-order valence-electron chi connectivity index (χ0n) is 10.3. The molecule has 0 spiro atoms. The molecule has 18 heavy (non-hydrogen) atoms. The Morgan fingerprint density at radius 1 is 1.50 bits per heavy atom. The van der Waals surface area contributed by atoms with E-state index in [-0.39, 0.29) is 0 Å². The molecular weight excluding hydrogens is 232 g/mol. The molecule has 96 valence electrons. The molecule has 1 aliphatic carbocycles. The molecule has 3 N–H and O–H groups in total. The SMILES string of the molecule is Cn1ncc2c(NN)nc(COC3CCC3)nc21. The summed E-state index contributed by atoms with van der Waals surface area (Å²) >= 11 is 0. The Morgan fingerprint density at radius 2 is 2.33 bits per heavy atom. The van der Waals surface area contributed by atoms with Gasteiger partial charge in [0.15, 0.2) is 17.3 Å². The fraction of sp³-hybridized carbons (Fsp3) is 0.545. The number of rotatable bonds is 4. The molecule has 0 bridgehead atoms. The largest absolute Gasteiger partial charge is 0.370 e. The average Bonchev–Trinajstić information content (AvgIpc) is 2.69. The second-order valence-corrected chi connectivity index (χ2v) is 4.50. The summed E-state index contributed by atoms with van der Waals surface area (Å²) in [5.74, 6) is 6.68. The van der Waals surface area contributed by atoms with Gasteiger partial charge in [0.2, 0.25) is 0 Å². The summed E-state index contributed by atoms with van der Waals surface area (Å²) in [4.78, 5) is 8.78. The lowest BCUT2D eigenvalue weighted by atomic mass is 9.96. The number of anilines is 1. The fourth-order valence-corrected chi connectivity index (χ4v) is 1.97. The van der Waals surface area contributed by atoms with Crippen LogP contribution in [0.25, 0.3) is 11.0 Å². The molecular formula is C11H16N6O. The van der Waals surface area contributed by atoms with Crippen LogP contribution in [0.5, 0.6) is 0 Å². The zero-order chi connectivity index (χ0) is 12.5. The Kier molecular flexibility index (Phi) is 2.85. The number of hydrogen-bond acceptors (Lipinski definition) is 6. The molecule has 0 unspecified atom stereocenters. The van der Waals surface area contributed by atoms with E-state index < -0.39 is 0 Å². The smallest absolute Gasteiger partial charge is 0.163 e. The van der Waals surface area contributed by atoms with E-state index in [1.54, 1.807) is 10.9 Å². The molecule has 0 amide bonds. The van der Waals surface area contributed by atoms with Gasteiger partial charge < -0.3 is 10.2 Å². The zero-order valence-corrected chi connectivity index (χ0v) is 10.3. The van der Waals surface area contributed by atoms with Crippen LogP contribution in [0.2, 0.25) is 0 Å². The van der Waals surface area contributed by atoms with E-state index in [0.717, 1.165) is 23.9 Å². The van der Waals surface area contributed by atoms with Crippen LogP contribution in [0, 0.1) is 0 Å². The maximum atomic E-state index is 5.71. The molecule has 0 aliphatic heterocycles. The van der Waals surface area contributed by atoms with Crippen LogP contribution in [0.15, 0.2) is 6.20 Å². The summed E-state index contributed by atoms with van der Waals surface area (Å²) in [5, 5.41) is 4.96. The Balaban J connectivity index is 1.88. The normalized spacial score (nSPS) is 15.9. The number of nitrogens with one attached hydrogen (secondary N) is 1. The first-order chi connectivity index (χ1) is 8.78. The maximum absolute atomic E-state index is 5.71. The van der Waals surface area contributed by atoms with Crippen molar-refractivity contribution in [3.63, 3.8) is 0 Å². The van der Waals surface area contributed by atoms with Gasteiger partial charge in [-0.3, -0.25) is 4.68 Å². The molecule has 1 saturated carbocycles. The second-order valence-electron chi connectivity index (χ2n) is 4.50. The molecule has 7 nitrogen and oxygen atoms in total. The van der Waals surface area contributed by atoms with Crippen LogP contribution in [-0.4, -0.2) is 25.9 Å². The number of nitrogen functional groups attached to an aromatic ring is 1. The highest BCUT2D eigenvalue weighted by atomic mass is 16.5. The van der Waals surface area contributed by atoms with Crippen LogP contribution in [0.4, 0.5) is 5.82 Å². The van der Waals surface area contributed by atoms with Crippen molar-refractivity contribution in [2.75, 3.05) is 5.43 Å². The van der Waals surface area contributed by atoms with Gasteiger partial charge in [-0.15, -0.1) is 0 Å². The number of hydrazine groups is 1. The number of nitrogens with zero attached hydrogens (tertiary/aromatic N) is 4. The number of aryl methyl sites for hydroxylation is 1. The highest BCUT2D eigenvalue weighted by molar-refractivity contribution is 5.86. The number of ether oxygens (including phenoxy) is 1. The van der Waals surface area contributed by atoms with E-state index >= 15 is 0 Å². The molecule has 2 heterocycles. The van der Waals surface area contributed by atoms with Crippen LogP contribution < -0.4 is 11.3 Å². The van der Waals surface area contributed by atoms with E-state index in [0.29, 0.717) is 24.4 Å². The fourth-order valence-electron chi connectivity index (χ4n) is 1.97. The van der Waals surface area contributed by atoms with Crippen LogP contribution in [0.1, 0.15) is 25.1 Å². The first-order valence-electron chi connectivity index (χ1n) is 6.05. The summed E-state index contributed by atoms with van der Waals surface area (Å²) in [6.45, 7) is 0.417. The summed E-state index contributed by atoms with van der Waals surface area (Å²) in [6, 6.07) is 0. The standard InChI is InChI=1S/C11H16N6O/c1-17-11-8(5-13-17)10(16-12)14-9(15-11)6-18-7-3-2-4-7/h5,7H,2-4,6,12H2,1H3,(H,14,15,16). The molecule has 7 heteroatoms. The quantitative estimate of drug-likeness (QED) is 0.612. The number of hydrogen-bond donors (Lipinski definition) is 2. The molecule has 2 aromatic rings. The van der Waals surface area contributed by atoms with Crippen molar-refractivity contribution in [1.82, 2.24) is 19.7 Å². The molecule has 1 aliphatic rings. The predicted octanol–water partition coefficient (Wildman–Crippen LogP) is 0.718. The molecule has 0 radical (unpaired) electrons. The average molecular weight is 248 g/mol. The van der Waals surface area contributed by atoms with Crippen molar-refractivity contribution in [3.8, 4) is 0 Å². The summed E-state index contributed by atoms with van der Waals surface area (Å²) in [5.41, 5.74) is 3.33. The van der Waals surface area contributed by atoms with Crippen molar-refractivity contribution in [2.24, 2.45) is 12.9 Å². The Labute approximate surface area is 104 Å². The van der Waals surface area contributed by atoms with E-state index in [1.165, 1.54) is 6.42 Å². The van der Waals surface area contributed by atoms with Crippen LogP contribution >= 0.6 is 0 Å². The number of aromatic nitrogens is 4. The monoisotopic (exact) mass is 248 g/mol. The molecule has 0 aromatic carbocycles. The van der Waals surface area contributed by atoms with E-state index in [9.17, 15) is 0 Å². The van der Waals surface area contributed by atoms with E-state index in [2.05, 4.69) is 20.5 Å². The van der Waals surface area contributed by atoms with Gasteiger partial charge in [-0.1, -0.05) is 0 Å². The molecule has 1 fully saturated rings. The molecule has 0 saturated heterocycles. The maximum Gasteiger partial charge on any atom is 0.163 e. The third-order valence-corrected chi connectivity index (χ3v) is 3.28. The Bertz CT molecular complexity index is 562. The van der Waals surface area contributed by atoms with Crippen LogP contribution in [0.3, 0.4) is 0 Å².